The highest BCUT2D eigenvalue weighted by Gasteiger charge is 2.16. The van der Waals surface area contributed by atoms with Gasteiger partial charge in [0.15, 0.2) is 0 Å². The molecule has 0 bridgehead atoms. The van der Waals surface area contributed by atoms with Gasteiger partial charge in [0.25, 0.3) is 0 Å². The van der Waals surface area contributed by atoms with E-state index >= 15 is 0 Å². The standard InChI is InChI=1S/C14H21NO2/c1-5-12(14(16)17-4)9-15-13-10(2)7-6-8-11(13)3/h6-8,12,15H,5,9H2,1-4H3. The van der Waals surface area contributed by atoms with Crippen molar-refractivity contribution in [2.24, 2.45) is 5.92 Å². The topological polar surface area (TPSA) is 38.3 Å². The summed E-state index contributed by atoms with van der Waals surface area (Å²) in [6.07, 6.45) is 0.782. The Morgan fingerprint density at radius 2 is 1.94 bits per heavy atom. The lowest BCUT2D eigenvalue weighted by Gasteiger charge is -2.17. The molecule has 0 amide bonds. The molecule has 1 unspecified atom stereocenters. The number of hydrogen-bond donors (Lipinski definition) is 1. The van der Waals surface area contributed by atoms with Gasteiger partial charge in [0.1, 0.15) is 0 Å². The van der Waals surface area contributed by atoms with Crippen LogP contribution in [0.15, 0.2) is 18.2 Å². The summed E-state index contributed by atoms with van der Waals surface area (Å²) in [6, 6.07) is 6.16. The second-order valence-electron chi connectivity index (χ2n) is 4.28. The Balaban J connectivity index is 2.69. The van der Waals surface area contributed by atoms with Gasteiger partial charge in [-0.25, -0.2) is 0 Å². The molecule has 1 N–H and O–H groups in total. The lowest BCUT2D eigenvalue weighted by molar-refractivity contribution is -0.145. The largest absolute Gasteiger partial charge is 0.469 e. The molecule has 17 heavy (non-hydrogen) atoms. The van der Waals surface area contributed by atoms with E-state index in [2.05, 4.69) is 31.3 Å². The van der Waals surface area contributed by atoms with Crippen molar-refractivity contribution in [2.45, 2.75) is 27.2 Å². The summed E-state index contributed by atoms with van der Waals surface area (Å²) in [7, 11) is 1.43. The third kappa shape index (κ3) is 3.48. The predicted octanol–water partition coefficient (Wildman–Crippen LogP) is 2.91. The maximum atomic E-state index is 11.5. The minimum absolute atomic E-state index is 0.0843. The van der Waals surface area contributed by atoms with Crippen LogP contribution in [0.5, 0.6) is 0 Å². The van der Waals surface area contributed by atoms with Crippen molar-refractivity contribution in [1.82, 2.24) is 0 Å². The molecule has 3 nitrogen and oxygen atoms in total. The van der Waals surface area contributed by atoms with E-state index in [0.717, 1.165) is 12.1 Å². The molecule has 0 aromatic heterocycles. The lowest BCUT2D eigenvalue weighted by Crippen LogP contribution is -2.24. The minimum Gasteiger partial charge on any atom is -0.469 e. The number of nitrogens with one attached hydrogen (secondary N) is 1. The Labute approximate surface area is 103 Å². The van der Waals surface area contributed by atoms with E-state index in [0.29, 0.717) is 6.54 Å². The van der Waals surface area contributed by atoms with Gasteiger partial charge in [-0.1, -0.05) is 25.1 Å². The highest BCUT2D eigenvalue weighted by Crippen LogP contribution is 2.20. The summed E-state index contributed by atoms with van der Waals surface area (Å²) in [5, 5.41) is 3.35. The Bertz CT molecular complexity index is 368. The summed E-state index contributed by atoms with van der Waals surface area (Å²) < 4.78 is 4.77. The van der Waals surface area contributed by atoms with Crippen molar-refractivity contribution in [3.8, 4) is 0 Å². The second kappa shape index (κ2) is 6.28. The monoisotopic (exact) mass is 235 g/mol. The molecule has 0 radical (unpaired) electrons. The molecule has 1 rings (SSSR count). The Kier molecular flexibility index (Phi) is 5.01. The predicted molar refractivity (Wildman–Crippen MR) is 70.2 cm³/mol. The van der Waals surface area contributed by atoms with Crippen LogP contribution < -0.4 is 5.32 Å². The maximum absolute atomic E-state index is 11.5. The number of carbonyl (C=O) groups excluding carboxylic acids is 1. The molecule has 0 saturated carbocycles. The summed E-state index contributed by atoms with van der Waals surface area (Å²) in [6.45, 7) is 6.74. The van der Waals surface area contributed by atoms with Gasteiger partial charge in [0.2, 0.25) is 0 Å². The SMILES string of the molecule is CCC(CNc1c(C)cccc1C)C(=O)OC. The number of carbonyl (C=O) groups is 1. The summed E-state index contributed by atoms with van der Waals surface area (Å²) in [5.41, 5.74) is 3.52. The van der Waals surface area contributed by atoms with E-state index in [-0.39, 0.29) is 11.9 Å². The third-order valence-electron chi connectivity index (χ3n) is 3.03. The van der Waals surface area contributed by atoms with Crippen LogP contribution in [0.25, 0.3) is 0 Å². The molecule has 0 heterocycles. The van der Waals surface area contributed by atoms with Crippen molar-refractivity contribution in [3.05, 3.63) is 29.3 Å². The van der Waals surface area contributed by atoms with E-state index in [9.17, 15) is 4.79 Å². The van der Waals surface area contributed by atoms with Crippen LogP contribution in [0, 0.1) is 19.8 Å². The van der Waals surface area contributed by atoms with Crippen LogP contribution >= 0.6 is 0 Å². The van der Waals surface area contributed by atoms with Crippen LogP contribution in [-0.4, -0.2) is 19.6 Å². The molecule has 0 fully saturated rings. The van der Waals surface area contributed by atoms with Crippen LogP contribution in [0.4, 0.5) is 5.69 Å². The van der Waals surface area contributed by atoms with Gasteiger partial charge in [0.05, 0.1) is 13.0 Å². The number of aryl methyl sites for hydroxylation is 2. The van der Waals surface area contributed by atoms with Crippen molar-refractivity contribution < 1.29 is 9.53 Å². The normalized spacial score (nSPS) is 12.0. The fourth-order valence-corrected chi connectivity index (χ4v) is 1.88. The van der Waals surface area contributed by atoms with E-state index in [4.69, 9.17) is 4.74 Å². The van der Waals surface area contributed by atoms with Gasteiger partial charge in [-0.15, -0.1) is 0 Å². The van der Waals surface area contributed by atoms with Crippen LogP contribution in [0.3, 0.4) is 0 Å². The fourth-order valence-electron chi connectivity index (χ4n) is 1.88. The van der Waals surface area contributed by atoms with Crippen molar-refractivity contribution in [1.29, 1.82) is 0 Å². The first-order valence-electron chi connectivity index (χ1n) is 5.98. The number of hydrogen-bond acceptors (Lipinski definition) is 3. The zero-order valence-electron chi connectivity index (χ0n) is 11.0. The molecule has 1 atom stereocenters. The number of para-hydroxylation sites is 1. The Morgan fingerprint density at radius 1 is 1.35 bits per heavy atom. The fraction of sp³-hybridized carbons (Fsp3) is 0.500. The third-order valence-corrected chi connectivity index (χ3v) is 3.03. The lowest BCUT2D eigenvalue weighted by atomic mass is 10.1. The first-order chi connectivity index (χ1) is 8.10. The first-order valence-corrected chi connectivity index (χ1v) is 5.98. The number of methoxy groups -OCH3 is 1. The minimum atomic E-state index is -0.147. The Morgan fingerprint density at radius 3 is 2.41 bits per heavy atom. The van der Waals surface area contributed by atoms with Crippen LogP contribution in [0.2, 0.25) is 0 Å². The van der Waals surface area contributed by atoms with Gasteiger partial charge in [-0.05, 0) is 31.4 Å². The zero-order chi connectivity index (χ0) is 12.8. The quantitative estimate of drug-likeness (QED) is 0.797. The van der Waals surface area contributed by atoms with Gasteiger partial charge in [-0.2, -0.15) is 0 Å². The summed E-state index contributed by atoms with van der Waals surface area (Å²) >= 11 is 0. The summed E-state index contributed by atoms with van der Waals surface area (Å²) in [4.78, 5) is 11.5. The molecular formula is C14H21NO2. The van der Waals surface area contributed by atoms with E-state index < -0.39 is 0 Å². The van der Waals surface area contributed by atoms with Crippen LogP contribution in [0.1, 0.15) is 24.5 Å². The average Bonchev–Trinajstić information content (AvgIpc) is 2.32. The van der Waals surface area contributed by atoms with Crippen molar-refractivity contribution in [3.63, 3.8) is 0 Å². The van der Waals surface area contributed by atoms with Crippen molar-refractivity contribution in [2.75, 3.05) is 19.0 Å². The molecule has 0 aliphatic heterocycles. The zero-order valence-corrected chi connectivity index (χ0v) is 11.0. The number of benzene rings is 1. The van der Waals surface area contributed by atoms with E-state index in [1.807, 2.05) is 13.0 Å². The smallest absolute Gasteiger partial charge is 0.310 e. The van der Waals surface area contributed by atoms with E-state index in [1.165, 1.54) is 18.2 Å². The van der Waals surface area contributed by atoms with Crippen LogP contribution in [-0.2, 0) is 9.53 Å². The number of esters is 1. The number of anilines is 1. The molecule has 3 heteroatoms. The molecule has 1 aromatic rings. The van der Waals surface area contributed by atoms with Gasteiger partial charge in [0, 0.05) is 12.2 Å². The molecule has 0 aliphatic rings. The molecule has 1 aromatic carbocycles. The number of rotatable bonds is 5. The number of ether oxygens (including phenoxy) is 1. The molecule has 0 saturated heterocycles. The van der Waals surface area contributed by atoms with Gasteiger partial charge in [-0.3, -0.25) is 4.79 Å². The molecule has 0 aliphatic carbocycles. The highest BCUT2D eigenvalue weighted by molar-refractivity contribution is 5.73. The van der Waals surface area contributed by atoms with Gasteiger partial charge < -0.3 is 10.1 Å². The average molecular weight is 235 g/mol. The Hall–Kier alpha value is -1.51. The highest BCUT2D eigenvalue weighted by atomic mass is 16.5. The molecular weight excluding hydrogens is 214 g/mol. The first kappa shape index (κ1) is 13.6. The molecule has 0 spiro atoms. The van der Waals surface area contributed by atoms with E-state index in [1.54, 1.807) is 0 Å². The van der Waals surface area contributed by atoms with Gasteiger partial charge >= 0.3 is 5.97 Å². The molecule has 94 valence electrons. The second-order valence-corrected chi connectivity index (χ2v) is 4.28. The maximum Gasteiger partial charge on any atom is 0.310 e. The van der Waals surface area contributed by atoms with Crippen molar-refractivity contribution >= 4 is 11.7 Å². The summed E-state index contributed by atoms with van der Waals surface area (Å²) in [5.74, 6) is -0.231.